The highest BCUT2D eigenvalue weighted by Crippen LogP contribution is 2.36. The monoisotopic (exact) mass is 398 g/mol. The fourth-order valence-corrected chi connectivity index (χ4v) is 3.34. The van der Waals surface area contributed by atoms with E-state index in [0.717, 1.165) is 29.9 Å². The van der Waals surface area contributed by atoms with Gasteiger partial charge in [0, 0.05) is 13.1 Å². The molecule has 152 valence electrons. The molecular formula is C18H21F3N4O3. The van der Waals surface area contributed by atoms with Gasteiger partial charge in [0.25, 0.3) is 5.91 Å². The lowest BCUT2D eigenvalue weighted by Gasteiger charge is -2.23. The van der Waals surface area contributed by atoms with Crippen LogP contribution in [0.25, 0.3) is 0 Å². The maximum atomic E-state index is 13.1. The third-order valence-corrected chi connectivity index (χ3v) is 4.79. The molecule has 1 aromatic rings. The Bertz CT molecular complexity index is 817. The third kappa shape index (κ3) is 3.90. The topological polar surface area (TPSA) is 81.8 Å². The molecule has 0 saturated carbocycles. The molecule has 3 rings (SSSR count). The number of alkyl halides is 3. The zero-order valence-electron chi connectivity index (χ0n) is 15.5. The van der Waals surface area contributed by atoms with Crippen molar-refractivity contribution in [2.75, 3.05) is 29.9 Å². The molecule has 2 saturated heterocycles. The predicted molar refractivity (Wildman–Crippen MR) is 95.8 cm³/mol. The first-order chi connectivity index (χ1) is 13.0. The van der Waals surface area contributed by atoms with E-state index in [2.05, 4.69) is 10.6 Å². The second kappa shape index (κ2) is 6.99. The van der Waals surface area contributed by atoms with Crippen LogP contribution in [-0.4, -0.2) is 47.9 Å². The van der Waals surface area contributed by atoms with Crippen LogP contribution in [-0.2, 0) is 15.8 Å². The molecule has 0 atom stereocenters. The molecule has 0 aromatic heterocycles. The average molecular weight is 398 g/mol. The Morgan fingerprint density at radius 2 is 1.86 bits per heavy atom. The van der Waals surface area contributed by atoms with E-state index in [1.165, 1.54) is 19.9 Å². The molecule has 7 nitrogen and oxygen atoms in total. The molecular weight excluding hydrogens is 377 g/mol. The molecule has 0 unspecified atom stereocenters. The van der Waals surface area contributed by atoms with Gasteiger partial charge in [-0.05, 0) is 44.9 Å². The zero-order valence-corrected chi connectivity index (χ0v) is 15.5. The second-order valence-electron chi connectivity index (χ2n) is 7.42. The van der Waals surface area contributed by atoms with Gasteiger partial charge >= 0.3 is 12.2 Å². The first kappa shape index (κ1) is 20.0. The number of carbonyl (C=O) groups is 3. The highest BCUT2D eigenvalue weighted by atomic mass is 19.4. The van der Waals surface area contributed by atoms with Crippen LogP contribution in [0.5, 0.6) is 0 Å². The number of rotatable bonds is 4. The average Bonchev–Trinajstić information content (AvgIpc) is 3.17. The van der Waals surface area contributed by atoms with Crippen LogP contribution < -0.4 is 15.5 Å². The summed E-state index contributed by atoms with van der Waals surface area (Å²) in [5, 5.41) is 4.89. The van der Waals surface area contributed by atoms with Crippen molar-refractivity contribution in [3.05, 3.63) is 23.8 Å². The van der Waals surface area contributed by atoms with Crippen LogP contribution >= 0.6 is 0 Å². The van der Waals surface area contributed by atoms with Gasteiger partial charge < -0.3 is 15.5 Å². The molecule has 28 heavy (non-hydrogen) atoms. The zero-order chi connectivity index (χ0) is 20.7. The number of urea groups is 1. The van der Waals surface area contributed by atoms with Crippen LogP contribution in [0.3, 0.4) is 0 Å². The Morgan fingerprint density at radius 1 is 1.21 bits per heavy atom. The number of carbonyl (C=O) groups excluding carboxylic acids is 3. The lowest BCUT2D eigenvalue weighted by Crippen LogP contribution is -2.41. The van der Waals surface area contributed by atoms with E-state index < -0.39 is 41.7 Å². The summed E-state index contributed by atoms with van der Waals surface area (Å²) in [5.74, 6) is -1.32. The van der Waals surface area contributed by atoms with Crippen molar-refractivity contribution in [2.45, 2.75) is 38.4 Å². The minimum atomic E-state index is -4.56. The van der Waals surface area contributed by atoms with E-state index in [4.69, 9.17) is 0 Å². The van der Waals surface area contributed by atoms with Gasteiger partial charge in [-0.2, -0.15) is 13.2 Å². The molecule has 0 radical (unpaired) electrons. The number of hydrogen-bond donors (Lipinski definition) is 2. The first-order valence-electron chi connectivity index (χ1n) is 8.89. The van der Waals surface area contributed by atoms with Crippen molar-refractivity contribution in [1.29, 1.82) is 0 Å². The standard InChI is InChI=1S/C18H21F3N4O3/c1-17(2)15(27)25(16(28)23-17)10-14(26)22-12-9-11(18(19,20)21)5-6-13(12)24-7-3-4-8-24/h5-6,9H,3-4,7-8,10H2,1-2H3,(H,22,26)(H,23,28). The molecule has 2 fully saturated rings. The Labute approximate surface area is 159 Å². The van der Waals surface area contributed by atoms with Crippen LogP contribution in [0, 0.1) is 0 Å². The molecule has 2 heterocycles. The molecule has 10 heteroatoms. The Balaban J connectivity index is 1.82. The van der Waals surface area contributed by atoms with Gasteiger partial charge in [-0.25, -0.2) is 4.79 Å². The van der Waals surface area contributed by atoms with Crippen molar-refractivity contribution in [1.82, 2.24) is 10.2 Å². The minimum absolute atomic E-state index is 0.00744. The molecule has 2 aliphatic heterocycles. The van der Waals surface area contributed by atoms with Crippen LogP contribution in [0.2, 0.25) is 0 Å². The van der Waals surface area contributed by atoms with Crippen molar-refractivity contribution in [3.63, 3.8) is 0 Å². The fraction of sp³-hybridized carbons (Fsp3) is 0.500. The van der Waals surface area contributed by atoms with Gasteiger partial charge in [-0.3, -0.25) is 14.5 Å². The van der Waals surface area contributed by atoms with E-state index in [1.54, 1.807) is 0 Å². The maximum absolute atomic E-state index is 13.1. The summed E-state index contributed by atoms with van der Waals surface area (Å²) < 4.78 is 39.3. The fourth-order valence-electron chi connectivity index (χ4n) is 3.34. The molecule has 2 N–H and O–H groups in total. The van der Waals surface area contributed by atoms with Crippen LogP contribution in [0.1, 0.15) is 32.3 Å². The lowest BCUT2D eigenvalue weighted by molar-refractivity contribution is -0.137. The van der Waals surface area contributed by atoms with Crippen molar-refractivity contribution in [3.8, 4) is 0 Å². The largest absolute Gasteiger partial charge is 0.416 e. The molecule has 4 amide bonds. The molecule has 0 aliphatic carbocycles. The molecule has 0 spiro atoms. The van der Waals surface area contributed by atoms with E-state index in [0.29, 0.717) is 18.8 Å². The Hall–Kier alpha value is -2.78. The summed E-state index contributed by atoms with van der Waals surface area (Å²) in [6, 6.07) is 2.47. The Morgan fingerprint density at radius 3 is 2.39 bits per heavy atom. The summed E-state index contributed by atoms with van der Waals surface area (Å²) in [5.41, 5.74) is -1.53. The highest BCUT2D eigenvalue weighted by Gasteiger charge is 2.45. The summed E-state index contributed by atoms with van der Waals surface area (Å²) in [4.78, 5) is 39.2. The highest BCUT2D eigenvalue weighted by molar-refractivity contribution is 6.10. The van der Waals surface area contributed by atoms with Crippen molar-refractivity contribution < 1.29 is 27.6 Å². The number of anilines is 2. The summed E-state index contributed by atoms with van der Waals surface area (Å²) in [6.45, 7) is 3.78. The summed E-state index contributed by atoms with van der Waals surface area (Å²) >= 11 is 0. The molecule has 2 aliphatic rings. The van der Waals surface area contributed by atoms with E-state index in [-0.39, 0.29) is 5.69 Å². The first-order valence-corrected chi connectivity index (χ1v) is 8.89. The normalized spacial score (nSPS) is 19.2. The SMILES string of the molecule is CC1(C)NC(=O)N(CC(=O)Nc2cc(C(F)(F)F)ccc2N2CCCC2)C1=O. The van der Waals surface area contributed by atoms with Crippen molar-refractivity contribution >= 4 is 29.2 Å². The third-order valence-electron chi connectivity index (χ3n) is 4.79. The number of hydrogen-bond acceptors (Lipinski definition) is 4. The lowest BCUT2D eigenvalue weighted by atomic mass is 10.1. The van der Waals surface area contributed by atoms with E-state index in [9.17, 15) is 27.6 Å². The summed E-state index contributed by atoms with van der Waals surface area (Å²) in [6.07, 6.45) is -2.74. The van der Waals surface area contributed by atoms with Gasteiger partial charge in [-0.1, -0.05) is 0 Å². The smallest absolute Gasteiger partial charge is 0.370 e. The van der Waals surface area contributed by atoms with E-state index >= 15 is 0 Å². The Kier molecular flexibility index (Phi) is 4.99. The number of amides is 4. The van der Waals surface area contributed by atoms with Gasteiger partial charge in [0.15, 0.2) is 0 Å². The van der Waals surface area contributed by atoms with Gasteiger partial charge in [0.1, 0.15) is 12.1 Å². The number of nitrogens with zero attached hydrogens (tertiary/aromatic N) is 2. The number of halogens is 3. The van der Waals surface area contributed by atoms with Gasteiger partial charge in [0.2, 0.25) is 5.91 Å². The number of nitrogens with one attached hydrogen (secondary N) is 2. The summed E-state index contributed by atoms with van der Waals surface area (Å²) in [7, 11) is 0. The van der Waals surface area contributed by atoms with E-state index in [1.807, 2.05) is 4.90 Å². The van der Waals surface area contributed by atoms with Crippen LogP contribution in [0.15, 0.2) is 18.2 Å². The minimum Gasteiger partial charge on any atom is -0.370 e. The van der Waals surface area contributed by atoms with Crippen LogP contribution in [0.4, 0.5) is 29.3 Å². The molecule has 1 aromatic carbocycles. The van der Waals surface area contributed by atoms with Crippen molar-refractivity contribution in [2.24, 2.45) is 0 Å². The maximum Gasteiger partial charge on any atom is 0.416 e. The molecule has 0 bridgehead atoms. The number of imide groups is 1. The van der Waals surface area contributed by atoms with Gasteiger partial charge in [0.05, 0.1) is 16.9 Å². The number of benzene rings is 1. The second-order valence-corrected chi connectivity index (χ2v) is 7.42. The van der Waals surface area contributed by atoms with Gasteiger partial charge in [-0.15, -0.1) is 0 Å². The predicted octanol–water partition coefficient (Wildman–Crippen LogP) is 2.57. The quantitative estimate of drug-likeness (QED) is 0.764.